The Morgan fingerprint density at radius 3 is 2.54 bits per heavy atom. The van der Waals surface area contributed by atoms with Gasteiger partial charge in [0.25, 0.3) is 5.91 Å². The second-order valence-corrected chi connectivity index (χ2v) is 6.90. The zero-order valence-electron chi connectivity index (χ0n) is 14.4. The monoisotopic (exact) mass is 351 g/mol. The molecule has 1 saturated carbocycles. The van der Waals surface area contributed by atoms with Gasteiger partial charge >= 0.3 is 0 Å². The lowest BCUT2D eigenvalue weighted by Gasteiger charge is -2.38. The Kier molecular flexibility index (Phi) is 4.51. The van der Waals surface area contributed by atoms with Gasteiger partial charge in [-0.1, -0.05) is 0 Å². The molecule has 1 aromatic carbocycles. The molecule has 0 bridgehead atoms. The fourth-order valence-electron chi connectivity index (χ4n) is 2.90. The second kappa shape index (κ2) is 7.11. The summed E-state index contributed by atoms with van der Waals surface area (Å²) in [5.74, 6) is 1.29. The lowest BCUT2D eigenvalue weighted by molar-refractivity contribution is -0.120. The van der Waals surface area contributed by atoms with Crippen molar-refractivity contribution in [2.24, 2.45) is 11.8 Å². The van der Waals surface area contributed by atoms with Gasteiger partial charge in [-0.3, -0.25) is 9.59 Å². The zero-order valence-corrected chi connectivity index (χ0v) is 14.4. The van der Waals surface area contributed by atoms with Crippen LogP contribution in [0.3, 0.4) is 0 Å². The van der Waals surface area contributed by atoms with E-state index in [1.165, 1.54) is 12.8 Å². The smallest absolute Gasteiger partial charge is 0.251 e. The third kappa shape index (κ3) is 3.82. The molecule has 2 fully saturated rings. The van der Waals surface area contributed by atoms with Crippen LogP contribution in [0.25, 0.3) is 0 Å². The van der Waals surface area contributed by atoms with E-state index in [0.29, 0.717) is 30.3 Å². The second-order valence-electron chi connectivity index (χ2n) is 6.90. The molecule has 4 rings (SSSR count). The first-order chi connectivity index (χ1) is 12.7. The molecule has 0 atom stereocenters. The molecule has 0 unspecified atom stereocenters. The highest BCUT2D eigenvalue weighted by Crippen LogP contribution is 2.27. The predicted octanol–water partition coefficient (Wildman–Crippen LogP) is 1.69. The molecule has 1 saturated heterocycles. The van der Waals surface area contributed by atoms with Crippen molar-refractivity contribution in [1.82, 2.24) is 15.5 Å². The van der Waals surface area contributed by atoms with Crippen molar-refractivity contribution < 1.29 is 9.59 Å². The van der Waals surface area contributed by atoms with Crippen LogP contribution < -0.4 is 15.5 Å². The van der Waals surface area contributed by atoms with Gasteiger partial charge in [0.2, 0.25) is 5.91 Å². The van der Waals surface area contributed by atoms with Crippen LogP contribution in [0.1, 0.15) is 23.2 Å². The Bertz CT molecular complexity index is 783. The first-order valence-corrected chi connectivity index (χ1v) is 8.91. The molecular formula is C19H21N5O2. The maximum atomic E-state index is 12.3. The number of nitrogens with zero attached hydrogens (tertiary/aromatic N) is 3. The lowest BCUT2D eigenvalue weighted by Crippen LogP contribution is -2.52. The number of carbonyl (C=O) groups excluding carboxylic acids is 2. The zero-order chi connectivity index (χ0) is 17.9. The van der Waals surface area contributed by atoms with Gasteiger partial charge in [-0.15, -0.1) is 5.10 Å². The molecule has 2 amide bonds. The Morgan fingerprint density at radius 1 is 1.12 bits per heavy atom. The molecule has 7 heteroatoms. The molecule has 2 heterocycles. The van der Waals surface area contributed by atoms with Crippen LogP contribution >= 0.6 is 0 Å². The number of anilines is 2. The third-order valence-electron chi connectivity index (χ3n) is 4.80. The number of amides is 2. The minimum absolute atomic E-state index is 0.0175. The standard InChI is InChI=1S/C19H21N5O2/c25-18(20-10-13-3-4-13)14-5-7-16(8-6-14)22-19(26)15-11-24(12-15)17-2-1-9-21-23-17/h1-2,5-9,13,15H,3-4,10-12H2,(H,20,25)(H,22,26). The topological polar surface area (TPSA) is 87.2 Å². The van der Waals surface area contributed by atoms with Crippen molar-refractivity contribution in [2.45, 2.75) is 12.8 Å². The van der Waals surface area contributed by atoms with Gasteiger partial charge < -0.3 is 15.5 Å². The minimum atomic E-state index is -0.0708. The summed E-state index contributed by atoms with van der Waals surface area (Å²) < 4.78 is 0. The largest absolute Gasteiger partial charge is 0.353 e. The van der Waals surface area contributed by atoms with Crippen LogP contribution in [0.2, 0.25) is 0 Å². The number of rotatable bonds is 6. The van der Waals surface area contributed by atoms with E-state index in [1.807, 2.05) is 17.0 Å². The highest BCUT2D eigenvalue weighted by molar-refractivity contribution is 5.97. The van der Waals surface area contributed by atoms with Gasteiger partial charge in [0.05, 0.1) is 5.92 Å². The number of benzene rings is 1. The molecule has 2 aromatic rings. The summed E-state index contributed by atoms with van der Waals surface area (Å²) in [7, 11) is 0. The van der Waals surface area contributed by atoms with E-state index < -0.39 is 0 Å². The van der Waals surface area contributed by atoms with Gasteiger partial charge in [-0.25, -0.2) is 0 Å². The van der Waals surface area contributed by atoms with Crippen LogP contribution in [-0.4, -0.2) is 41.6 Å². The molecule has 1 aromatic heterocycles. The summed E-state index contributed by atoms with van der Waals surface area (Å²) in [6.45, 7) is 2.01. The lowest BCUT2D eigenvalue weighted by atomic mass is 9.99. The number of hydrogen-bond donors (Lipinski definition) is 2. The fraction of sp³-hybridized carbons (Fsp3) is 0.368. The number of nitrogens with one attached hydrogen (secondary N) is 2. The average molecular weight is 351 g/mol. The van der Waals surface area contributed by atoms with Gasteiger partial charge in [0.15, 0.2) is 5.82 Å². The van der Waals surface area contributed by atoms with E-state index in [2.05, 4.69) is 20.8 Å². The molecule has 0 radical (unpaired) electrons. The highest BCUT2D eigenvalue weighted by atomic mass is 16.2. The molecule has 2 aliphatic rings. The molecule has 134 valence electrons. The highest BCUT2D eigenvalue weighted by Gasteiger charge is 2.33. The molecule has 0 spiro atoms. The molecule has 1 aliphatic heterocycles. The molecule has 1 aliphatic carbocycles. The van der Waals surface area contributed by atoms with E-state index >= 15 is 0 Å². The van der Waals surface area contributed by atoms with Gasteiger partial charge in [0.1, 0.15) is 0 Å². The van der Waals surface area contributed by atoms with Crippen molar-refractivity contribution in [3.63, 3.8) is 0 Å². The maximum absolute atomic E-state index is 12.3. The number of carbonyl (C=O) groups is 2. The first kappa shape index (κ1) is 16.5. The van der Waals surface area contributed by atoms with Crippen molar-refractivity contribution in [3.05, 3.63) is 48.2 Å². The van der Waals surface area contributed by atoms with Crippen molar-refractivity contribution >= 4 is 23.3 Å². The Morgan fingerprint density at radius 2 is 1.88 bits per heavy atom. The predicted molar refractivity (Wildman–Crippen MR) is 97.9 cm³/mol. The third-order valence-corrected chi connectivity index (χ3v) is 4.80. The summed E-state index contributed by atoms with van der Waals surface area (Å²) in [5, 5.41) is 13.7. The summed E-state index contributed by atoms with van der Waals surface area (Å²) >= 11 is 0. The van der Waals surface area contributed by atoms with Crippen molar-refractivity contribution in [1.29, 1.82) is 0 Å². The van der Waals surface area contributed by atoms with E-state index in [4.69, 9.17) is 0 Å². The van der Waals surface area contributed by atoms with Crippen LogP contribution in [0, 0.1) is 11.8 Å². The van der Waals surface area contributed by atoms with E-state index in [-0.39, 0.29) is 17.7 Å². The summed E-state index contributed by atoms with van der Waals surface area (Å²) in [4.78, 5) is 26.4. The van der Waals surface area contributed by atoms with Crippen molar-refractivity contribution in [2.75, 3.05) is 29.9 Å². The number of hydrogen-bond acceptors (Lipinski definition) is 5. The quantitative estimate of drug-likeness (QED) is 0.827. The molecule has 7 nitrogen and oxygen atoms in total. The molecule has 2 N–H and O–H groups in total. The Labute approximate surface area is 151 Å². The first-order valence-electron chi connectivity index (χ1n) is 8.91. The fourth-order valence-corrected chi connectivity index (χ4v) is 2.90. The normalized spacial score (nSPS) is 16.7. The van der Waals surface area contributed by atoms with Gasteiger partial charge in [-0.05, 0) is 55.2 Å². The van der Waals surface area contributed by atoms with Crippen molar-refractivity contribution in [3.8, 4) is 0 Å². The summed E-state index contributed by atoms with van der Waals surface area (Å²) in [6.07, 6.45) is 4.05. The SMILES string of the molecule is O=C(NCC1CC1)c1ccc(NC(=O)C2CN(c3cccnn3)C2)cc1. The maximum Gasteiger partial charge on any atom is 0.251 e. The van der Waals surface area contributed by atoms with E-state index in [0.717, 1.165) is 12.4 Å². The molecule has 26 heavy (non-hydrogen) atoms. The van der Waals surface area contributed by atoms with Crippen LogP contribution in [0.4, 0.5) is 11.5 Å². The van der Waals surface area contributed by atoms with Crippen LogP contribution in [-0.2, 0) is 4.79 Å². The minimum Gasteiger partial charge on any atom is -0.353 e. The molecular weight excluding hydrogens is 330 g/mol. The van der Waals surface area contributed by atoms with Crippen LogP contribution in [0.15, 0.2) is 42.6 Å². The van der Waals surface area contributed by atoms with Gasteiger partial charge in [-0.2, -0.15) is 5.10 Å². The number of aromatic nitrogens is 2. The van der Waals surface area contributed by atoms with E-state index in [9.17, 15) is 9.59 Å². The summed E-state index contributed by atoms with van der Waals surface area (Å²) in [5.41, 5.74) is 1.31. The Balaban J connectivity index is 1.26. The van der Waals surface area contributed by atoms with E-state index in [1.54, 1.807) is 30.5 Å². The average Bonchev–Trinajstić information content (AvgIpc) is 3.44. The van der Waals surface area contributed by atoms with Crippen LogP contribution in [0.5, 0.6) is 0 Å². The van der Waals surface area contributed by atoms with Gasteiger partial charge in [0, 0.05) is 37.1 Å². The summed E-state index contributed by atoms with van der Waals surface area (Å²) in [6, 6.07) is 10.7. The Hall–Kier alpha value is -2.96.